The van der Waals surface area contributed by atoms with Gasteiger partial charge in [-0.2, -0.15) is 0 Å². The first-order valence-electron chi connectivity index (χ1n) is 14.9. The zero-order chi connectivity index (χ0) is 28.7. The molecule has 8 nitrogen and oxygen atoms in total. The molecule has 4 saturated carbocycles. The Hall–Kier alpha value is -4.33. The van der Waals surface area contributed by atoms with Crippen molar-refractivity contribution in [3.05, 3.63) is 76.6 Å². The smallest absolute Gasteiger partial charge is 0.335 e. The maximum atomic E-state index is 13.5. The normalized spacial score (nSPS) is 28.6. The first-order valence-corrected chi connectivity index (χ1v) is 14.9. The highest BCUT2D eigenvalue weighted by Gasteiger charge is 2.51. The Labute approximate surface area is 244 Å². The van der Waals surface area contributed by atoms with Gasteiger partial charge < -0.3 is 14.0 Å². The second-order valence-electron chi connectivity index (χ2n) is 12.9. The van der Waals surface area contributed by atoms with Gasteiger partial charge in [0.15, 0.2) is 11.5 Å². The topological polar surface area (TPSA) is 89.9 Å². The number of carbonyl (C=O) groups excluding carboxylic acids is 3. The Morgan fingerprint density at radius 2 is 1.48 bits per heavy atom. The SMILES string of the molecule is Cc1cc(/C=C2\C(=O)NC(=O)N(c3ccc4c(c3)OCO4)C2=O)c(C)n1-c1ccc(C23CC4CC(CC(C4)C2)C3)cc1. The molecule has 1 aromatic heterocycles. The second-order valence-corrected chi connectivity index (χ2v) is 12.9. The summed E-state index contributed by atoms with van der Waals surface area (Å²) in [6.07, 6.45) is 9.87. The van der Waals surface area contributed by atoms with Crippen molar-refractivity contribution in [2.24, 2.45) is 17.8 Å². The van der Waals surface area contributed by atoms with Crippen LogP contribution in [0.25, 0.3) is 11.8 Å². The highest BCUT2D eigenvalue weighted by molar-refractivity contribution is 6.39. The number of nitrogens with zero attached hydrogens (tertiary/aromatic N) is 2. The highest BCUT2D eigenvalue weighted by atomic mass is 16.7. The molecule has 6 aliphatic rings. The number of benzene rings is 2. The molecule has 1 saturated heterocycles. The summed E-state index contributed by atoms with van der Waals surface area (Å²) < 4.78 is 12.9. The summed E-state index contributed by atoms with van der Waals surface area (Å²) >= 11 is 0. The Kier molecular flexibility index (Phi) is 5.49. The van der Waals surface area contributed by atoms with Gasteiger partial charge in [0.25, 0.3) is 11.8 Å². The molecular formula is C34H33N3O5. The Morgan fingerprint density at radius 3 is 2.17 bits per heavy atom. The van der Waals surface area contributed by atoms with E-state index < -0.39 is 17.8 Å². The van der Waals surface area contributed by atoms with Crippen LogP contribution in [0, 0.1) is 31.6 Å². The first-order chi connectivity index (χ1) is 20.3. The summed E-state index contributed by atoms with van der Waals surface area (Å²) in [5.74, 6) is 2.27. The van der Waals surface area contributed by atoms with Crippen LogP contribution in [0.5, 0.6) is 11.5 Å². The summed E-state index contributed by atoms with van der Waals surface area (Å²) in [5, 5.41) is 2.31. The summed E-state index contributed by atoms with van der Waals surface area (Å²) in [5.41, 5.74) is 5.72. The van der Waals surface area contributed by atoms with Crippen LogP contribution in [0.15, 0.2) is 54.1 Å². The summed E-state index contributed by atoms with van der Waals surface area (Å²) in [6, 6.07) is 15.0. The van der Waals surface area contributed by atoms with Crippen molar-refractivity contribution in [2.45, 2.75) is 57.8 Å². The van der Waals surface area contributed by atoms with E-state index in [1.54, 1.807) is 24.3 Å². The van der Waals surface area contributed by atoms with E-state index in [4.69, 9.17) is 9.47 Å². The van der Waals surface area contributed by atoms with Crippen molar-refractivity contribution in [3.8, 4) is 17.2 Å². The van der Waals surface area contributed by atoms with Crippen LogP contribution in [0.1, 0.15) is 61.0 Å². The van der Waals surface area contributed by atoms with Crippen molar-refractivity contribution in [1.29, 1.82) is 0 Å². The molecule has 4 aliphatic carbocycles. The van der Waals surface area contributed by atoms with Gasteiger partial charge in [0.05, 0.1) is 5.69 Å². The molecule has 0 spiro atoms. The number of nitrogens with one attached hydrogen (secondary N) is 1. The number of rotatable bonds is 4. The lowest BCUT2D eigenvalue weighted by Crippen LogP contribution is -2.54. The van der Waals surface area contributed by atoms with E-state index in [0.29, 0.717) is 22.6 Å². The van der Waals surface area contributed by atoms with Crippen molar-refractivity contribution < 1.29 is 23.9 Å². The summed E-state index contributed by atoms with van der Waals surface area (Å²) in [6.45, 7) is 4.08. The molecule has 4 amide bonds. The number of carbonyl (C=O) groups is 3. The van der Waals surface area contributed by atoms with Gasteiger partial charge in [-0.25, -0.2) is 9.69 Å². The number of barbiturate groups is 1. The number of hydrogen-bond donors (Lipinski definition) is 1. The van der Waals surface area contributed by atoms with E-state index in [0.717, 1.165) is 45.3 Å². The number of hydrogen-bond acceptors (Lipinski definition) is 5. The quantitative estimate of drug-likeness (QED) is 0.313. The Bertz CT molecular complexity index is 1660. The highest BCUT2D eigenvalue weighted by Crippen LogP contribution is 2.60. The van der Waals surface area contributed by atoms with E-state index in [9.17, 15) is 14.4 Å². The number of ether oxygens (including phenoxy) is 2. The van der Waals surface area contributed by atoms with E-state index in [1.165, 1.54) is 44.1 Å². The fourth-order valence-electron chi connectivity index (χ4n) is 8.83. The predicted molar refractivity (Wildman–Crippen MR) is 157 cm³/mol. The lowest BCUT2D eigenvalue weighted by Gasteiger charge is -2.57. The maximum Gasteiger partial charge on any atom is 0.335 e. The molecule has 214 valence electrons. The van der Waals surface area contributed by atoms with E-state index >= 15 is 0 Å². The average Bonchev–Trinajstić information content (AvgIpc) is 3.53. The van der Waals surface area contributed by atoms with Gasteiger partial charge in [-0.15, -0.1) is 0 Å². The number of anilines is 1. The molecular weight excluding hydrogens is 530 g/mol. The predicted octanol–water partition coefficient (Wildman–Crippen LogP) is 5.96. The van der Waals surface area contributed by atoms with Crippen LogP contribution in [0.2, 0.25) is 0 Å². The number of aromatic nitrogens is 1. The van der Waals surface area contributed by atoms with Crippen molar-refractivity contribution in [3.63, 3.8) is 0 Å². The third kappa shape index (κ3) is 3.84. The molecule has 3 aromatic rings. The first kappa shape index (κ1) is 25.4. The molecule has 8 heteroatoms. The molecule has 0 radical (unpaired) electrons. The van der Waals surface area contributed by atoms with E-state index in [2.05, 4.69) is 34.1 Å². The van der Waals surface area contributed by atoms with E-state index in [-0.39, 0.29) is 12.4 Å². The number of amides is 4. The molecule has 5 fully saturated rings. The fraction of sp³-hybridized carbons (Fsp3) is 0.382. The average molecular weight is 564 g/mol. The Morgan fingerprint density at radius 1 is 0.833 bits per heavy atom. The fourth-order valence-corrected chi connectivity index (χ4v) is 8.83. The van der Waals surface area contributed by atoms with Crippen molar-refractivity contribution in [2.75, 3.05) is 11.7 Å². The molecule has 42 heavy (non-hydrogen) atoms. The molecule has 2 aliphatic heterocycles. The minimum Gasteiger partial charge on any atom is -0.454 e. The van der Waals surface area contributed by atoms with Crippen molar-refractivity contribution >= 4 is 29.6 Å². The molecule has 0 atom stereocenters. The number of imide groups is 2. The zero-order valence-corrected chi connectivity index (χ0v) is 23.8. The molecule has 9 rings (SSSR count). The number of urea groups is 1. The lowest BCUT2D eigenvalue weighted by molar-refractivity contribution is -0.122. The monoisotopic (exact) mass is 563 g/mol. The van der Waals surface area contributed by atoms with Crippen LogP contribution in [-0.2, 0) is 15.0 Å². The standard InChI is InChI=1S/C34H33N3O5/c1-19-9-24(13-28-31(38)35-33(40)37(32(28)39)27-7-8-29-30(14-27)42-18-41-29)20(2)36(19)26-5-3-25(4-6-26)34-15-21-10-22(16-34)12-23(11-21)17-34/h3-9,13-14,21-23H,10-12,15-18H2,1-2H3,(H,35,38,40)/b28-13+. The minimum atomic E-state index is -0.800. The van der Waals surface area contributed by atoms with Gasteiger partial charge >= 0.3 is 6.03 Å². The van der Waals surface area contributed by atoms with Crippen LogP contribution < -0.4 is 19.7 Å². The van der Waals surface area contributed by atoms with Crippen LogP contribution in [-0.4, -0.2) is 29.2 Å². The third-order valence-electron chi connectivity index (χ3n) is 10.3. The van der Waals surface area contributed by atoms with Gasteiger partial charge in [-0.1, -0.05) is 12.1 Å². The molecule has 1 N–H and O–H groups in total. The van der Waals surface area contributed by atoms with Gasteiger partial charge in [0.2, 0.25) is 6.79 Å². The third-order valence-corrected chi connectivity index (χ3v) is 10.3. The van der Waals surface area contributed by atoms with Crippen LogP contribution in [0.4, 0.5) is 10.5 Å². The maximum absolute atomic E-state index is 13.5. The molecule has 2 aromatic carbocycles. The van der Waals surface area contributed by atoms with Gasteiger partial charge in [-0.3, -0.25) is 14.9 Å². The second kappa shape index (κ2) is 9.08. The largest absolute Gasteiger partial charge is 0.454 e. The zero-order valence-electron chi connectivity index (χ0n) is 23.8. The Balaban J connectivity index is 1.10. The minimum absolute atomic E-state index is 0.0726. The van der Waals surface area contributed by atoms with Gasteiger partial charge in [0, 0.05) is 23.1 Å². The van der Waals surface area contributed by atoms with E-state index in [1.807, 2.05) is 19.9 Å². The molecule has 4 bridgehead atoms. The number of fused-ring (bicyclic) bond motifs is 1. The molecule has 3 heterocycles. The lowest BCUT2D eigenvalue weighted by atomic mass is 9.48. The van der Waals surface area contributed by atoms with Crippen molar-refractivity contribution in [1.82, 2.24) is 9.88 Å². The summed E-state index contributed by atoms with van der Waals surface area (Å²) in [7, 11) is 0. The van der Waals surface area contributed by atoms with Gasteiger partial charge in [0.1, 0.15) is 5.57 Å². The molecule has 0 unspecified atom stereocenters. The van der Waals surface area contributed by atoms with Crippen LogP contribution >= 0.6 is 0 Å². The number of aryl methyl sites for hydroxylation is 1. The van der Waals surface area contributed by atoms with Gasteiger partial charge in [-0.05, 0) is 123 Å². The summed E-state index contributed by atoms with van der Waals surface area (Å²) in [4.78, 5) is 40.1. The van der Waals surface area contributed by atoms with Crippen LogP contribution in [0.3, 0.4) is 0 Å².